The van der Waals surface area contributed by atoms with Crippen molar-refractivity contribution in [2.45, 2.75) is 6.92 Å². The molecule has 0 bridgehead atoms. The van der Waals surface area contributed by atoms with E-state index in [1.807, 2.05) is 13.0 Å². The number of hydrogen-bond acceptors (Lipinski definition) is 2. The summed E-state index contributed by atoms with van der Waals surface area (Å²) in [6.45, 7) is 1.88. The zero-order valence-electron chi connectivity index (χ0n) is 7.02. The van der Waals surface area contributed by atoms with Gasteiger partial charge in [-0.15, -0.1) is 0 Å². The Labute approximate surface area is 74.0 Å². The Morgan fingerprint density at radius 2 is 2.38 bits per heavy atom. The largest absolute Gasteiger partial charge is 0.342 e. The molecule has 1 aromatic heterocycles. The molecule has 0 saturated heterocycles. The Kier molecular flexibility index (Phi) is 1.65. The minimum atomic E-state index is 0.596. The van der Waals surface area contributed by atoms with E-state index >= 15 is 0 Å². The Hall–Kier alpha value is -2.00. The SMILES string of the molecule is Cc1nc2ccc(N=[N+]=[N-])cc2[nH]1. The molecular formula is C8H7N5. The Morgan fingerprint density at radius 3 is 3.15 bits per heavy atom. The third kappa shape index (κ3) is 1.32. The predicted molar refractivity (Wildman–Crippen MR) is 49.6 cm³/mol. The monoisotopic (exact) mass is 173 g/mol. The smallest absolute Gasteiger partial charge is 0.104 e. The highest BCUT2D eigenvalue weighted by atomic mass is 15.1. The molecule has 0 fully saturated rings. The van der Waals surface area contributed by atoms with E-state index in [9.17, 15) is 0 Å². The van der Waals surface area contributed by atoms with Gasteiger partial charge in [0.1, 0.15) is 5.82 Å². The van der Waals surface area contributed by atoms with Crippen LogP contribution in [0.1, 0.15) is 5.82 Å². The second kappa shape index (κ2) is 2.80. The number of nitrogens with one attached hydrogen (secondary N) is 1. The van der Waals surface area contributed by atoms with Gasteiger partial charge < -0.3 is 4.98 Å². The highest BCUT2D eigenvalue weighted by Crippen LogP contribution is 2.19. The molecular weight excluding hydrogens is 166 g/mol. The lowest BCUT2D eigenvalue weighted by Crippen LogP contribution is -1.68. The van der Waals surface area contributed by atoms with Crippen molar-refractivity contribution < 1.29 is 0 Å². The van der Waals surface area contributed by atoms with Gasteiger partial charge in [0, 0.05) is 10.6 Å². The van der Waals surface area contributed by atoms with Gasteiger partial charge in [0.05, 0.1) is 11.0 Å². The van der Waals surface area contributed by atoms with Gasteiger partial charge in [-0.2, -0.15) is 0 Å². The molecule has 1 aromatic carbocycles. The average molecular weight is 173 g/mol. The average Bonchev–Trinajstić information content (AvgIpc) is 2.44. The van der Waals surface area contributed by atoms with Gasteiger partial charge in [-0.3, -0.25) is 0 Å². The Morgan fingerprint density at radius 1 is 1.54 bits per heavy atom. The van der Waals surface area contributed by atoms with Crippen LogP contribution in [0, 0.1) is 6.92 Å². The number of rotatable bonds is 1. The zero-order valence-corrected chi connectivity index (χ0v) is 7.02. The highest BCUT2D eigenvalue weighted by molar-refractivity contribution is 5.78. The molecule has 64 valence electrons. The van der Waals surface area contributed by atoms with Crippen LogP contribution in [-0.2, 0) is 0 Å². The highest BCUT2D eigenvalue weighted by Gasteiger charge is 1.98. The van der Waals surface area contributed by atoms with Crippen LogP contribution >= 0.6 is 0 Å². The molecule has 0 aliphatic carbocycles. The Bertz CT molecular complexity index is 492. The molecule has 1 heterocycles. The molecule has 0 spiro atoms. The van der Waals surface area contributed by atoms with Gasteiger partial charge in [0.15, 0.2) is 0 Å². The fourth-order valence-corrected chi connectivity index (χ4v) is 1.24. The van der Waals surface area contributed by atoms with E-state index in [0.717, 1.165) is 16.9 Å². The molecule has 0 amide bonds. The quantitative estimate of drug-likeness (QED) is 0.401. The van der Waals surface area contributed by atoms with Crippen LogP contribution in [0.5, 0.6) is 0 Å². The molecule has 2 rings (SSSR count). The van der Waals surface area contributed by atoms with Crippen molar-refractivity contribution in [2.75, 3.05) is 0 Å². The molecule has 0 aliphatic rings. The van der Waals surface area contributed by atoms with E-state index in [1.54, 1.807) is 12.1 Å². The van der Waals surface area contributed by atoms with Gasteiger partial charge >= 0.3 is 0 Å². The van der Waals surface area contributed by atoms with Crippen molar-refractivity contribution in [3.05, 3.63) is 34.5 Å². The minimum absolute atomic E-state index is 0.596. The van der Waals surface area contributed by atoms with Gasteiger partial charge in [-0.1, -0.05) is 11.2 Å². The van der Waals surface area contributed by atoms with Crippen LogP contribution in [-0.4, -0.2) is 9.97 Å². The lowest BCUT2D eigenvalue weighted by Gasteiger charge is -1.89. The van der Waals surface area contributed by atoms with E-state index < -0.39 is 0 Å². The number of benzene rings is 1. The fraction of sp³-hybridized carbons (Fsp3) is 0.125. The van der Waals surface area contributed by atoms with Crippen molar-refractivity contribution in [1.29, 1.82) is 0 Å². The maximum Gasteiger partial charge on any atom is 0.104 e. The normalized spacial score (nSPS) is 9.92. The first kappa shape index (κ1) is 7.64. The van der Waals surface area contributed by atoms with Crippen molar-refractivity contribution >= 4 is 16.7 Å². The van der Waals surface area contributed by atoms with E-state index in [0.29, 0.717) is 5.69 Å². The molecule has 13 heavy (non-hydrogen) atoms. The summed E-state index contributed by atoms with van der Waals surface area (Å²) in [5.41, 5.74) is 10.6. The summed E-state index contributed by atoms with van der Waals surface area (Å²) in [4.78, 5) is 10.00. The molecule has 0 atom stereocenters. The van der Waals surface area contributed by atoms with Crippen LogP contribution in [0.2, 0.25) is 0 Å². The first-order valence-electron chi connectivity index (χ1n) is 3.81. The number of aromatic nitrogens is 2. The summed E-state index contributed by atoms with van der Waals surface area (Å²) >= 11 is 0. The van der Waals surface area contributed by atoms with Gasteiger partial charge in [0.2, 0.25) is 0 Å². The van der Waals surface area contributed by atoms with Crippen molar-refractivity contribution in [3.63, 3.8) is 0 Å². The molecule has 5 nitrogen and oxygen atoms in total. The lowest BCUT2D eigenvalue weighted by atomic mass is 10.3. The third-order valence-electron chi connectivity index (χ3n) is 1.74. The molecule has 0 unspecified atom stereocenters. The summed E-state index contributed by atoms with van der Waals surface area (Å²) in [5, 5.41) is 3.50. The number of fused-ring (bicyclic) bond motifs is 1. The summed E-state index contributed by atoms with van der Waals surface area (Å²) in [6, 6.07) is 5.33. The summed E-state index contributed by atoms with van der Waals surface area (Å²) < 4.78 is 0. The third-order valence-corrected chi connectivity index (χ3v) is 1.74. The number of aryl methyl sites for hydroxylation is 1. The maximum absolute atomic E-state index is 8.23. The number of aromatic amines is 1. The van der Waals surface area contributed by atoms with Gasteiger partial charge in [-0.25, -0.2) is 4.98 Å². The molecule has 5 heteroatoms. The molecule has 0 saturated carbocycles. The van der Waals surface area contributed by atoms with Gasteiger partial charge in [-0.05, 0) is 24.6 Å². The minimum Gasteiger partial charge on any atom is -0.342 e. The molecule has 1 N–H and O–H groups in total. The molecule has 0 aliphatic heterocycles. The topological polar surface area (TPSA) is 77.4 Å². The van der Waals surface area contributed by atoms with E-state index in [4.69, 9.17) is 5.53 Å². The first-order valence-corrected chi connectivity index (χ1v) is 3.81. The van der Waals surface area contributed by atoms with Crippen LogP contribution in [0.25, 0.3) is 21.5 Å². The van der Waals surface area contributed by atoms with Crippen LogP contribution in [0.4, 0.5) is 5.69 Å². The van der Waals surface area contributed by atoms with Crippen molar-refractivity contribution in [1.82, 2.24) is 9.97 Å². The number of nitrogens with zero attached hydrogens (tertiary/aromatic N) is 4. The number of imidazole rings is 1. The molecule has 2 aromatic rings. The van der Waals surface area contributed by atoms with Crippen molar-refractivity contribution in [3.8, 4) is 0 Å². The maximum atomic E-state index is 8.23. The Balaban J connectivity index is 2.67. The van der Waals surface area contributed by atoms with Gasteiger partial charge in [0.25, 0.3) is 0 Å². The number of azide groups is 1. The first-order chi connectivity index (χ1) is 6.29. The standard InChI is InChI=1S/C8H7N5/c1-5-10-7-3-2-6(12-13-9)4-8(7)11-5/h2-4H,1H3,(H,10,11). The van der Waals surface area contributed by atoms with Crippen LogP contribution < -0.4 is 0 Å². The fourth-order valence-electron chi connectivity index (χ4n) is 1.24. The second-order valence-corrected chi connectivity index (χ2v) is 2.71. The summed E-state index contributed by atoms with van der Waals surface area (Å²) in [6.07, 6.45) is 0. The van der Waals surface area contributed by atoms with Crippen LogP contribution in [0.3, 0.4) is 0 Å². The predicted octanol–water partition coefficient (Wildman–Crippen LogP) is 2.81. The van der Waals surface area contributed by atoms with Crippen molar-refractivity contribution in [2.24, 2.45) is 5.11 Å². The number of H-pyrrole nitrogens is 1. The molecule has 0 radical (unpaired) electrons. The number of hydrogen-bond donors (Lipinski definition) is 1. The zero-order chi connectivity index (χ0) is 9.26. The summed E-state index contributed by atoms with van der Waals surface area (Å²) in [5.74, 6) is 0.855. The lowest BCUT2D eigenvalue weighted by molar-refractivity contribution is 1.17. The second-order valence-electron chi connectivity index (χ2n) is 2.71. The van der Waals surface area contributed by atoms with Crippen LogP contribution in [0.15, 0.2) is 23.3 Å². The van der Waals surface area contributed by atoms with E-state index in [2.05, 4.69) is 20.0 Å². The van der Waals surface area contributed by atoms with E-state index in [-0.39, 0.29) is 0 Å². The van der Waals surface area contributed by atoms with E-state index in [1.165, 1.54) is 0 Å². The summed E-state index contributed by atoms with van der Waals surface area (Å²) in [7, 11) is 0.